The Kier molecular flexibility index (Phi) is 6.38. The monoisotopic (exact) mass is 488 g/mol. The van der Waals surface area contributed by atoms with E-state index < -0.39 is 6.09 Å². The second-order valence-electron chi connectivity index (χ2n) is 9.16. The number of imidazole rings is 1. The molecule has 10 heteroatoms. The van der Waals surface area contributed by atoms with Gasteiger partial charge in [0.2, 0.25) is 5.95 Å². The fourth-order valence-corrected chi connectivity index (χ4v) is 4.84. The number of aromatic amines is 1. The Bertz CT molecular complexity index is 1350. The lowest BCUT2D eigenvalue weighted by molar-refractivity contribution is 0.132. The van der Waals surface area contributed by atoms with Crippen LogP contribution in [-0.4, -0.2) is 65.2 Å². The molecule has 5 rings (SSSR count). The first-order valence-electron chi connectivity index (χ1n) is 12.0. The Morgan fingerprint density at radius 2 is 1.97 bits per heavy atom. The van der Waals surface area contributed by atoms with E-state index in [2.05, 4.69) is 38.2 Å². The molecule has 0 radical (unpaired) electrons. The van der Waals surface area contributed by atoms with Crippen LogP contribution in [0.25, 0.3) is 22.2 Å². The molecule has 2 aliphatic heterocycles. The average Bonchev–Trinajstić information content (AvgIpc) is 3.16. The molecule has 3 aromatic rings. The number of aromatic nitrogens is 2. The molecule has 0 aliphatic carbocycles. The number of nitriles is 1. The minimum absolute atomic E-state index is 0.00425. The Balaban J connectivity index is 1.39. The Morgan fingerprint density at radius 1 is 1.17 bits per heavy atom. The third-order valence-corrected chi connectivity index (χ3v) is 6.76. The molecule has 0 spiro atoms. The Hall–Kier alpha value is -4.26. The van der Waals surface area contributed by atoms with Crippen molar-refractivity contribution < 1.29 is 19.1 Å². The third kappa shape index (κ3) is 4.64. The molecule has 10 nitrogen and oxygen atoms in total. The van der Waals surface area contributed by atoms with E-state index in [0.29, 0.717) is 38.7 Å². The number of H-pyrrole nitrogens is 1. The van der Waals surface area contributed by atoms with Crippen molar-refractivity contribution in [3.05, 3.63) is 41.5 Å². The van der Waals surface area contributed by atoms with Crippen molar-refractivity contribution in [2.75, 3.05) is 38.7 Å². The Morgan fingerprint density at radius 3 is 2.72 bits per heavy atom. The summed E-state index contributed by atoms with van der Waals surface area (Å²) < 4.78 is 10.7. The zero-order valence-corrected chi connectivity index (χ0v) is 20.3. The second-order valence-corrected chi connectivity index (χ2v) is 9.16. The molecule has 0 saturated carbocycles. The molecule has 2 N–H and O–H groups in total. The maximum atomic E-state index is 13.3. The number of benzene rings is 2. The largest absolute Gasteiger partial charge is 0.491 e. The van der Waals surface area contributed by atoms with E-state index in [1.54, 1.807) is 0 Å². The predicted molar refractivity (Wildman–Crippen MR) is 134 cm³/mol. The molecule has 1 fully saturated rings. The normalized spacial score (nSPS) is 16.0. The summed E-state index contributed by atoms with van der Waals surface area (Å²) >= 11 is 0. The number of carbonyl (C=O) groups excluding carboxylic acids is 2. The number of nitrogens with zero attached hydrogens (tertiary/aromatic N) is 4. The summed E-state index contributed by atoms with van der Waals surface area (Å²) in [7, 11) is 1.30. The van der Waals surface area contributed by atoms with Crippen LogP contribution in [0.1, 0.15) is 24.0 Å². The summed E-state index contributed by atoms with van der Waals surface area (Å²) in [5.74, 6) is 1.17. The van der Waals surface area contributed by atoms with Crippen LogP contribution in [0.15, 0.2) is 30.3 Å². The molecular weight excluding hydrogens is 460 g/mol. The number of likely N-dealkylation sites (tertiary alicyclic amines) is 1. The van der Waals surface area contributed by atoms with Gasteiger partial charge in [0.05, 0.1) is 37.3 Å². The maximum Gasteiger partial charge on any atom is 0.413 e. The molecule has 3 amide bonds. The minimum Gasteiger partial charge on any atom is -0.491 e. The van der Waals surface area contributed by atoms with Gasteiger partial charge in [-0.3, -0.25) is 5.32 Å². The highest BCUT2D eigenvalue weighted by Crippen LogP contribution is 2.34. The molecular formula is C26H28N6O4. The highest BCUT2D eigenvalue weighted by Gasteiger charge is 2.28. The minimum atomic E-state index is -0.593. The Labute approximate surface area is 208 Å². The summed E-state index contributed by atoms with van der Waals surface area (Å²) in [6.07, 6.45) is 0.850. The first-order valence-corrected chi connectivity index (χ1v) is 12.0. The predicted octanol–water partition coefficient (Wildman–Crippen LogP) is 4.27. The molecule has 0 bridgehead atoms. The standard InChI is InChI=1S/C26H28N6O4/c1-16-11-19(18-3-4-21-22(13-18)29-24(28-21)30-25(33)35-2)12-20-15-32(9-10-36-23(16)20)26(34)31-7-5-17(14-27)6-8-31/h3-4,11-13,17H,5-10,15H2,1-2H3,(H2,28,29,30,33). The fraction of sp³-hybridized carbons (Fsp3) is 0.385. The van der Waals surface area contributed by atoms with E-state index in [9.17, 15) is 9.59 Å². The number of nitrogens with one attached hydrogen (secondary N) is 2. The van der Waals surface area contributed by atoms with Crippen molar-refractivity contribution in [3.8, 4) is 22.9 Å². The van der Waals surface area contributed by atoms with Gasteiger partial charge in [-0.2, -0.15) is 5.26 Å². The van der Waals surface area contributed by atoms with Crippen LogP contribution in [0.2, 0.25) is 0 Å². The van der Waals surface area contributed by atoms with Gasteiger partial charge in [-0.1, -0.05) is 6.07 Å². The van der Waals surface area contributed by atoms with Gasteiger partial charge in [0.15, 0.2) is 0 Å². The van der Waals surface area contributed by atoms with Crippen LogP contribution < -0.4 is 10.1 Å². The first-order chi connectivity index (χ1) is 17.4. The van der Waals surface area contributed by atoms with E-state index >= 15 is 0 Å². The van der Waals surface area contributed by atoms with Crippen molar-refractivity contribution in [2.24, 2.45) is 5.92 Å². The number of anilines is 1. The maximum absolute atomic E-state index is 13.3. The molecule has 186 valence electrons. The van der Waals surface area contributed by atoms with Crippen molar-refractivity contribution in [1.82, 2.24) is 19.8 Å². The summed E-state index contributed by atoms with van der Waals surface area (Å²) in [5.41, 5.74) is 5.43. The first kappa shape index (κ1) is 23.5. The van der Waals surface area contributed by atoms with Crippen LogP contribution >= 0.6 is 0 Å². The smallest absolute Gasteiger partial charge is 0.413 e. The lowest BCUT2D eigenvalue weighted by atomic mass is 9.98. The van der Waals surface area contributed by atoms with Gasteiger partial charge in [0, 0.05) is 24.6 Å². The molecule has 1 saturated heterocycles. The SMILES string of the molecule is COC(=O)Nc1nc2ccc(-c3cc(C)c4c(c3)CN(C(=O)N3CCC(C#N)CC3)CCO4)cc2[nH]1. The lowest BCUT2D eigenvalue weighted by Gasteiger charge is -2.33. The quantitative estimate of drug-likeness (QED) is 0.555. The average molecular weight is 489 g/mol. The summed E-state index contributed by atoms with van der Waals surface area (Å²) in [6, 6.07) is 12.3. The number of piperidine rings is 1. The third-order valence-electron chi connectivity index (χ3n) is 6.76. The lowest BCUT2D eigenvalue weighted by Crippen LogP contribution is -2.46. The molecule has 2 aliphatic rings. The van der Waals surface area contributed by atoms with Gasteiger partial charge in [-0.05, 0) is 60.7 Å². The number of urea groups is 1. The number of rotatable bonds is 2. The van der Waals surface area contributed by atoms with Gasteiger partial charge in [-0.15, -0.1) is 0 Å². The molecule has 3 heterocycles. The fourth-order valence-electron chi connectivity index (χ4n) is 4.84. The number of hydrogen-bond acceptors (Lipinski definition) is 6. The number of fused-ring (bicyclic) bond motifs is 2. The van der Waals surface area contributed by atoms with Gasteiger partial charge >= 0.3 is 12.1 Å². The zero-order valence-electron chi connectivity index (χ0n) is 20.3. The van der Waals surface area contributed by atoms with Crippen molar-refractivity contribution in [3.63, 3.8) is 0 Å². The van der Waals surface area contributed by atoms with Crippen molar-refractivity contribution >= 4 is 29.1 Å². The molecule has 2 aromatic carbocycles. The van der Waals surface area contributed by atoms with E-state index in [4.69, 9.17) is 10.00 Å². The highest BCUT2D eigenvalue weighted by molar-refractivity contribution is 5.88. The van der Waals surface area contributed by atoms with Crippen molar-refractivity contribution in [2.45, 2.75) is 26.3 Å². The molecule has 0 unspecified atom stereocenters. The summed E-state index contributed by atoms with van der Waals surface area (Å²) in [6.45, 7) is 4.63. The summed E-state index contributed by atoms with van der Waals surface area (Å²) in [4.78, 5) is 35.9. The van der Waals surface area contributed by atoms with E-state index in [1.165, 1.54) is 7.11 Å². The highest BCUT2D eigenvalue weighted by atomic mass is 16.5. The van der Waals surface area contributed by atoms with Crippen LogP contribution in [0, 0.1) is 24.2 Å². The van der Waals surface area contributed by atoms with Crippen LogP contribution in [0.5, 0.6) is 5.75 Å². The van der Waals surface area contributed by atoms with Gasteiger partial charge in [-0.25, -0.2) is 14.6 Å². The molecule has 36 heavy (non-hydrogen) atoms. The number of hydrogen-bond donors (Lipinski definition) is 2. The van der Waals surface area contributed by atoms with Crippen LogP contribution in [-0.2, 0) is 11.3 Å². The topological polar surface area (TPSA) is 124 Å². The number of methoxy groups -OCH3 is 1. The number of ether oxygens (including phenoxy) is 2. The van der Waals surface area contributed by atoms with E-state index in [1.807, 2.05) is 34.9 Å². The second kappa shape index (κ2) is 9.77. The van der Waals surface area contributed by atoms with Crippen LogP contribution in [0.4, 0.5) is 15.5 Å². The van der Waals surface area contributed by atoms with Gasteiger partial charge in [0.25, 0.3) is 0 Å². The van der Waals surface area contributed by atoms with Gasteiger partial charge < -0.3 is 24.3 Å². The molecule has 0 atom stereocenters. The molecule has 1 aromatic heterocycles. The number of carbonyl (C=O) groups is 2. The van der Waals surface area contributed by atoms with E-state index in [-0.39, 0.29) is 11.9 Å². The van der Waals surface area contributed by atoms with E-state index in [0.717, 1.165) is 51.9 Å². The van der Waals surface area contributed by atoms with Gasteiger partial charge in [0.1, 0.15) is 12.4 Å². The number of aryl methyl sites for hydroxylation is 1. The van der Waals surface area contributed by atoms with Crippen LogP contribution in [0.3, 0.4) is 0 Å². The zero-order chi connectivity index (χ0) is 25.2. The summed E-state index contributed by atoms with van der Waals surface area (Å²) in [5, 5.41) is 11.7. The number of amides is 3. The van der Waals surface area contributed by atoms with Crippen molar-refractivity contribution in [1.29, 1.82) is 5.26 Å².